The lowest BCUT2D eigenvalue weighted by atomic mass is 10.0. The zero-order valence-corrected chi connectivity index (χ0v) is 16.2. The largest absolute Gasteiger partial charge is 0.475 e. The summed E-state index contributed by atoms with van der Waals surface area (Å²) in [6, 6.07) is 9.82. The number of amides is 1. The molecule has 0 fully saturated rings. The quantitative estimate of drug-likeness (QED) is 0.679. The van der Waals surface area contributed by atoms with Crippen LogP contribution in [0.15, 0.2) is 59.2 Å². The molecule has 32 heavy (non-hydrogen) atoms. The van der Waals surface area contributed by atoms with Gasteiger partial charge in [-0.3, -0.25) is 15.1 Å². The first-order chi connectivity index (χ1) is 15.2. The van der Waals surface area contributed by atoms with E-state index in [0.29, 0.717) is 5.56 Å². The topological polar surface area (TPSA) is 72.0 Å². The molecule has 2 aromatic carbocycles. The Labute approximate surface area is 178 Å². The predicted octanol–water partition coefficient (Wildman–Crippen LogP) is 3.62. The molecule has 2 aliphatic rings. The van der Waals surface area contributed by atoms with Gasteiger partial charge in [0.1, 0.15) is 48.2 Å². The Morgan fingerprint density at radius 3 is 2.41 bits per heavy atom. The number of carbonyl (C=O) groups excluding carboxylic acids is 1. The molecule has 0 radical (unpaired) electrons. The van der Waals surface area contributed by atoms with Gasteiger partial charge in [-0.25, -0.2) is 13.8 Å². The summed E-state index contributed by atoms with van der Waals surface area (Å²) in [6.07, 6.45) is -3.85. The van der Waals surface area contributed by atoms with E-state index in [4.69, 9.17) is 9.57 Å². The minimum Gasteiger partial charge on any atom is -0.475 e. The van der Waals surface area contributed by atoms with Crippen molar-refractivity contribution in [2.75, 3.05) is 13.2 Å². The molecule has 2 atom stereocenters. The van der Waals surface area contributed by atoms with Crippen LogP contribution in [0.1, 0.15) is 28.8 Å². The van der Waals surface area contributed by atoms with E-state index < -0.39 is 42.4 Å². The minimum atomic E-state index is -4.52. The van der Waals surface area contributed by atoms with E-state index in [1.54, 1.807) is 29.6 Å². The fourth-order valence-electron chi connectivity index (χ4n) is 3.20. The maximum Gasteiger partial charge on any atom is 0.405 e. The van der Waals surface area contributed by atoms with Crippen LogP contribution < -0.4 is 10.8 Å². The standard InChI is InChI=1S/C21H16F5N3O3/c22-13-2-1-3-14(23)18(13)20-28-16(9-31-20)11-4-6-12(7-5-11)17-8-15(29-32-17)19(30)27-10-21(24,25)26/h1-8,16-17,29H,9-10H2,(H,27,30). The van der Waals surface area contributed by atoms with Crippen LogP contribution in [-0.4, -0.2) is 31.1 Å². The van der Waals surface area contributed by atoms with E-state index in [1.165, 1.54) is 12.1 Å². The molecule has 2 unspecified atom stereocenters. The van der Waals surface area contributed by atoms with Gasteiger partial charge in [0.25, 0.3) is 5.91 Å². The van der Waals surface area contributed by atoms with E-state index in [-0.39, 0.29) is 23.8 Å². The van der Waals surface area contributed by atoms with Crippen LogP contribution in [0.2, 0.25) is 0 Å². The second-order valence-corrected chi connectivity index (χ2v) is 7.04. The lowest BCUT2D eigenvalue weighted by Crippen LogP contribution is -2.36. The number of benzene rings is 2. The van der Waals surface area contributed by atoms with Crippen molar-refractivity contribution in [3.05, 3.63) is 82.6 Å². The van der Waals surface area contributed by atoms with Crippen molar-refractivity contribution in [1.29, 1.82) is 0 Å². The van der Waals surface area contributed by atoms with E-state index >= 15 is 0 Å². The summed E-state index contributed by atoms with van der Waals surface area (Å²) in [4.78, 5) is 21.3. The summed E-state index contributed by atoms with van der Waals surface area (Å²) >= 11 is 0. The molecule has 2 aromatic rings. The highest BCUT2D eigenvalue weighted by Gasteiger charge is 2.30. The maximum absolute atomic E-state index is 13.9. The molecule has 4 rings (SSSR count). The number of hydrogen-bond acceptors (Lipinski definition) is 5. The lowest BCUT2D eigenvalue weighted by molar-refractivity contribution is -0.137. The van der Waals surface area contributed by atoms with E-state index in [1.807, 2.05) is 0 Å². The average molecular weight is 453 g/mol. The van der Waals surface area contributed by atoms with Crippen LogP contribution in [0, 0.1) is 11.6 Å². The number of aliphatic imine (C=N–C) groups is 1. The van der Waals surface area contributed by atoms with Crippen LogP contribution in [0.3, 0.4) is 0 Å². The summed E-state index contributed by atoms with van der Waals surface area (Å²) in [7, 11) is 0. The molecule has 0 bridgehead atoms. The molecule has 0 spiro atoms. The van der Waals surface area contributed by atoms with Crippen LogP contribution in [0.25, 0.3) is 0 Å². The Morgan fingerprint density at radius 2 is 1.75 bits per heavy atom. The molecule has 2 aliphatic heterocycles. The molecule has 0 saturated carbocycles. The molecule has 11 heteroatoms. The third kappa shape index (κ3) is 4.72. The summed E-state index contributed by atoms with van der Waals surface area (Å²) in [6.45, 7) is -1.35. The maximum atomic E-state index is 13.9. The first-order valence-electron chi connectivity index (χ1n) is 9.44. The van der Waals surface area contributed by atoms with Gasteiger partial charge < -0.3 is 10.1 Å². The Balaban J connectivity index is 1.43. The van der Waals surface area contributed by atoms with Gasteiger partial charge in [-0.05, 0) is 29.3 Å². The highest BCUT2D eigenvalue weighted by Crippen LogP contribution is 2.30. The van der Waals surface area contributed by atoms with E-state index in [2.05, 4.69) is 10.5 Å². The Kier molecular flexibility index (Phi) is 5.83. The predicted molar refractivity (Wildman–Crippen MR) is 102 cm³/mol. The summed E-state index contributed by atoms with van der Waals surface area (Å²) in [5.41, 5.74) is 3.21. The SMILES string of the molecule is O=C(NCC(F)(F)F)C1=CC(c2ccc(C3COC(c4c(F)cccc4F)=N3)cc2)ON1. The van der Waals surface area contributed by atoms with Crippen molar-refractivity contribution in [2.45, 2.75) is 18.3 Å². The Hall–Kier alpha value is -3.47. The van der Waals surface area contributed by atoms with Gasteiger partial charge in [0.2, 0.25) is 5.90 Å². The Morgan fingerprint density at radius 1 is 1.09 bits per heavy atom. The van der Waals surface area contributed by atoms with E-state index in [9.17, 15) is 26.7 Å². The van der Waals surface area contributed by atoms with Gasteiger partial charge >= 0.3 is 6.18 Å². The summed E-state index contributed by atoms with van der Waals surface area (Å²) in [5.74, 6) is -2.60. The first kappa shape index (κ1) is 21.8. The number of ether oxygens (including phenoxy) is 1. The normalized spacial score (nSPS) is 20.3. The highest BCUT2D eigenvalue weighted by atomic mass is 19.4. The van der Waals surface area contributed by atoms with Gasteiger partial charge in [-0.15, -0.1) is 0 Å². The van der Waals surface area contributed by atoms with Gasteiger partial charge in [0.05, 0.1) is 0 Å². The Bertz CT molecular complexity index is 1060. The van der Waals surface area contributed by atoms with Crippen LogP contribution in [-0.2, 0) is 14.4 Å². The molecule has 0 saturated heterocycles. The third-order valence-electron chi connectivity index (χ3n) is 4.79. The van der Waals surface area contributed by atoms with Crippen molar-refractivity contribution in [1.82, 2.24) is 10.8 Å². The highest BCUT2D eigenvalue weighted by molar-refractivity contribution is 5.95. The van der Waals surface area contributed by atoms with Crippen molar-refractivity contribution < 1.29 is 36.3 Å². The average Bonchev–Trinajstić information content (AvgIpc) is 3.42. The van der Waals surface area contributed by atoms with Gasteiger partial charge in [0.15, 0.2) is 0 Å². The molecule has 2 heterocycles. The van der Waals surface area contributed by atoms with Crippen molar-refractivity contribution in [2.24, 2.45) is 4.99 Å². The molecular weight excluding hydrogens is 437 g/mol. The summed E-state index contributed by atoms with van der Waals surface area (Å²) < 4.78 is 70.0. The van der Waals surface area contributed by atoms with Gasteiger partial charge in [-0.1, -0.05) is 30.3 Å². The number of nitrogens with zero attached hydrogens (tertiary/aromatic N) is 1. The first-order valence-corrected chi connectivity index (χ1v) is 9.44. The third-order valence-corrected chi connectivity index (χ3v) is 4.79. The number of rotatable bonds is 5. The fraction of sp³-hybridized carbons (Fsp3) is 0.238. The summed E-state index contributed by atoms with van der Waals surface area (Å²) in [5, 5.41) is 1.75. The van der Waals surface area contributed by atoms with Crippen molar-refractivity contribution in [3.8, 4) is 0 Å². The number of hydrogen-bond donors (Lipinski definition) is 2. The monoisotopic (exact) mass is 453 g/mol. The minimum absolute atomic E-state index is 0.105. The molecule has 0 aromatic heterocycles. The zero-order chi connectivity index (χ0) is 22.9. The second kappa shape index (κ2) is 8.58. The molecule has 1 amide bonds. The smallest absolute Gasteiger partial charge is 0.405 e. The number of hydroxylamine groups is 1. The van der Waals surface area contributed by atoms with Gasteiger partial charge in [0, 0.05) is 0 Å². The number of alkyl halides is 3. The van der Waals surface area contributed by atoms with Crippen molar-refractivity contribution >= 4 is 11.8 Å². The molecular formula is C21H16F5N3O3. The van der Waals surface area contributed by atoms with Crippen molar-refractivity contribution in [3.63, 3.8) is 0 Å². The van der Waals surface area contributed by atoms with Crippen LogP contribution >= 0.6 is 0 Å². The fourth-order valence-corrected chi connectivity index (χ4v) is 3.20. The number of nitrogens with one attached hydrogen (secondary N) is 2. The zero-order valence-electron chi connectivity index (χ0n) is 16.2. The molecule has 6 nitrogen and oxygen atoms in total. The lowest BCUT2D eigenvalue weighted by Gasteiger charge is -2.10. The van der Waals surface area contributed by atoms with E-state index in [0.717, 1.165) is 17.7 Å². The van der Waals surface area contributed by atoms with Gasteiger partial charge in [-0.2, -0.15) is 13.2 Å². The number of halogens is 5. The molecule has 0 aliphatic carbocycles. The van der Waals surface area contributed by atoms with Crippen LogP contribution in [0.5, 0.6) is 0 Å². The molecule has 2 N–H and O–H groups in total. The number of carbonyl (C=O) groups is 1. The second-order valence-electron chi connectivity index (χ2n) is 7.04. The van der Waals surface area contributed by atoms with Crippen LogP contribution in [0.4, 0.5) is 22.0 Å². The molecule has 168 valence electrons.